The molecule has 7 heterocycles. The van der Waals surface area contributed by atoms with Gasteiger partial charge in [-0.2, -0.15) is 15.2 Å². The Hall–Kier alpha value is -4.07. The van der Waals surface area contributed by atoms with Gasteiger partial charge < -0.3 is 20.7 Å². The number of thiophene rings is 1. The van der Waals surface area contributed by atoms with E-state index in [2.05, 4.69) is 20.2 Å². The van der Waals surface area contributed by atoms with Crippen molar-refractivity contribution in [3.63, 3.8) is 0 Å². The summed E-state index contributed by atoms with van der Waals surface area (Å²) in [4.78, 5) is 27.8. The van der Waals surface area contributed by atoms with Gasteiger partial charge in [-0.3, -0.25) is 14.3 Å². The van der Waals surface area contributed by atoms with Gasteiger partial charge in [-0.25, -0.2) is 22.0 Å². The molecule has 5 fully saturated rings. The van der Waals surface area contributed by atoms with E-state index in [9.17, 15) is 23.2 Å². The molecular weight excluding hydrogens is 679 g/mol. The first kappa shape index (κ1) is 31.9. The van der Waals surface area contributed by atoms with Crippen LogP contribution in [0.1, 0.15) is 50.5 Å². The van der Waals surface area contributed by atoms with Crippen LogP contribution in [0.5, 0.6) is 6.01 Å². The molecule has 50 heavy (non-hydrogen) atoms. The summed E-state index contributed by atoms with van der Waals surface area (Å²) in [5.41, 5.74) is 1.30. The third kappa shape index (κ3) is 4.58. The molecule has 3 N–H and O–H groups in total. The smallest absolute Gasteiger partial charge is 0.319 e. The fourth-order valence-electron chi connectivity index (χ4n) is 8.95. The predicted octanol–water partition coefficient (Wildman–Crippen LogP) is 5.06. The van der Waals surface area contributed by atoms with Crippen LogP contribution in [0.25, 0.3) is 32.2 Å². The number of benzene rings is 1. The number of ether oxygens (including phenoxy) is 1. The van der Waals surface area contributed by atoms with Crippen molar-refractivity contribution in [2.75, 3.05) is 43.4 Å². The molecule has 5 aliphatic rings. The molecule has 2 unspecified atom stereocenters. The molecule has 262 valence electrons. The monoisotopic (exact) mass is 712 g/mol. The summed E-state index contributed by atoms with van der Waals surface area (Å²) in [6.07, 6.45) is -0.632. The van der Waals surface area contributed by atoms with Crippen molar-refractivity contribution < 1.29 is 26.7 Å². The maximum atomic E-state index is 17.5. The third-order valence-corrected chi connectivity index (χ3v) is 12.5. The summed E-state index contributed by atoms with van der Waals surface area (Å²) >= 11 is 0.777. The number of hydrogen-bond acceptors (Lipinski definition) is 10. The van der Waals surface area contributed by atoms with Crippen LogP contribution in [-0.2, 0) is 5.54 Å². The number of alkyl halides is 3. The largest absolute Gasteiger partial charge is 0.461 e. The standard InChI is InChI=1S/C34H33F5N8O2S/c35-16-10-33(6-1-9-46(33)12-16)15-49-32-43-25-23(29(44-32)45-13-17-2-3-18(14-45)42-17)30(48)47(34(7-8-34)31(38)39)26(24(25)37)19-4-5-21(36)27-22(19)20(11-40)28(41)50-27/h4-5,16-18,31,42H,1-3,6-10,12-15,41H2/t16-,17?,18?,33+/m1/s1. The zero-order valence-electron chi connectivity index (χ0n) is 26.8. The lowest BCUT2D eigenvalue weighted by Gasteiger charge is -2.35. The van der Waals surface area contributed by atoms with E-state index >= 15 is 8.78 Å². The van der Waals surface area contributed by atoms with E-state index in [4.69, 9.17) is 10.5 Å². The van der Waals surface area contributed by atoms with E-state index in [0.29, 0.717) is 26.1 Å². The molecule has 0 spiro atoms. The Morgan fingerprint density at radius 2 is 1.88 bits per heavy atom. The number of piperazine rings is 1. The van der Waals surface area contributed by atoms with Crippen LogP contribution < -0.4 is 26.2 Å². The molecule has 10 nitrogen and oxygen atoms in total. The normalized spacial score (nSPS) is 27.1. The summed E-state index contributed by atoms with van der Waals surface area (Å²) < 4.78 is 84.1. The second-order valence-electron chi connectivity index (χ2n) is 14.4. The molecule has 9 rings (SSSR count). The molecule has 1 aliphatic carbocycles. The Labute approximate surface area is 286 Å². The Morgan fingerprint density at radius 3 is 2.58 bits per heavy atom. The van der Waals surface area contributed by atoms with Crippen molar-refractivity contribution in [3.05, 3.63) is 39.7 Å². The highest BCUT2D eigenvalue weighted by molar-refractivity contribution is 7.23. The molecule has 2 bridgehead atoms. The number of nitrogens with two attached hydrogens (primary N) is 1. The first-order chi connectivity index (χ1) is 24.0. The molecule has 1 aromatic carbocycles. The van der Waals surface area contributed by atoms with Crippen molar-refractivity contribution in [1.29, 1.82) is 5.26 Å². The summed E-state index contributed by atoms with van der Waals surface area (Å²) in [6, 6.07) is 4.10. The van der Waals surface area contributed by atoms with Crippen LogP contribution in [0.3, 0.4) is 0 Å². The molecule has 3 aromatic heterocycles. The highest BCUT2D eigenvalue weighted by atomic mass is 32.1. The third-order valence-electron chi connectivity index (χ3n) is 11.5. The van der Waals surface area contributed by atoms with Gasteiger partial charge in [-0.15, -0.1) is 11.3 Å². The fraction of sp³-hybridized carbons (Fsp3) is 0.529. The molecule has 4 aromatic rings. The van der Waals surface area contributed by atoms with Gasteiger partial charge in [-0.05, 0) is 57.2 Å². The number of nitrogen functional groups attached to an aromatic ring is 1. The highest BCUT2D eigenvalue weighted by Gasteiger charge is 2.56. The maximum Gasteiger partial charge on any atom is 0.319 e. The SMILES string of the molecule is N#Cc1c(N)sc2c(F)ccc(-c3c(F)c4nc(OC[C@@]56CCCN5C[C@H](F)C6)nc(N5CC6CCC(C5)N6)c4c(=O)n3C3(C(F)F)CC3)c12. The Bertz CT molecular complexity index is 2170. The van der Waals surface area contributed by atoms with Gasteiger partial charge in [0.05, 0.1) is 21.5 Å². The molecule has 0 radical (unpaired) electrons. The minimum atomic E-state index is -3.05. The maximum absolute atomic E-state index is 17.5. The van der Waals surface area contributed by atoms with Crippen molar-refractivity contribution in [1.82, 2.24) is 24.8 Å². The number of anilines is 2. The summed E-state index contributed by atoms with van der Waals surface area (Å²) in [7, 11) is 0. The van der Waals surface area contributed by atoms with Crippen molar-refractivity contribution in [2.24, 2.45) is 0 Å². The van der Waals surface area contributed by atoms with Gasteiger partial charge in [0.25, 0.3) is 12.0 Å². The van der Waals surface area contributed by atoms with Crippen molar-refractivity contribution in [3.8, 4) is 23.3 Å². The minimum absolute atomic E-state index is 0.0321. The Morgan fingerprint density at radius 1 is 1.12 bits per heavy atom. The number of halogens is 5. The molecule has 4 atom stereocenters. The van der Waals surface area contributed by atoms with E-state index in [-0.39, 0.29) is 81.4 Å². The lowest BCUT2D eigenvalue weighted by Crippen LogP contribution is -2.52. The van der Waals surface area contributed by atoms with Crippen LogP contribution in [-0.4, -0.2) is 82.4 Å². The topological polar surface area (TPSA) is 125 Å². The zero-order valence-corrected chi connectivity index (χ0v) is 27.6. The van der Waals surface area contributed by atoms with Gasteiger partial charge in [0.15, 0.2) is 5.82 Å². The van der Waals surface area contributed by atoms with Gasteiger partial charge in [0.1, 0.15) is 51.9 Å². The number of fused-ring (bicyclic) bond motifs is 5. The van der Waals surface area contributed by atoms with Crippen LogP contribution in [0.2, 0.25) is 0 Å². The predicted molar refractivity (Wildman–Crippen MR) is 178 cm³/mol. The summed E-state index contributed by atoms with van der Waals surface area (Å²) in [5, 5.41) is 13.1. The van der Waals surface area contributed by atoms with Gasteiger partial charge >= 0.3 is 6.01 Å². The van der Waals surface area contributed by atoms with Crippen LogP contribution in [0.4, 0.5) is 32.8 Å². The van der Waals surface area contributed by atoms with Crippen LogP contribution in [0, 0.1) is 23.0 Å². The first-order valence-corrected chi connectivity index (χ1v) is 17.7. The number of pyridine rings is 1. The minimum Gasteiger partial charge on any atom is -0.461 e. The van der Waals surface area contributed by atoms with Gasteiger partial charge in [-0.1, -0.05) is 0 Å². The number of rotatable bonds is 7. The van der Waals surface area contributed by atoms with E-state index in [1.54, 1.807) is 0 Å². The van der Waals surface area contributed by atoms with E-state index in [0.717, 1.165) is 47.8 Å². The lowest BCUT2D eigenvalue weighted by atomic mass is 9.95. The van der Waals surface area contributed by atoms with Crippen molar-refractivity contribution in [2.45, 2.75) is 80.7 Å². The highest BCUT2D eigenvalue weighted by Crippen LogP contribution is 2.52. The average Bonchev–Trinajstić information content (AvgIpc) is 3.35. The van der Waals surface area contributed by atoms with E-state index in [1.807, 2.05) is 11.0 Å². The zero-order chi connectivity index (χ0) is 34.7. The molecule has 4 aliphatic heterocycles. The number of nitriles is 1. The second kappa shape index (κ2) is 11.2. The number of nitrogens with zero attached hydrogens (tertiary/aromatic N) is 6. The quantitative estimate of drug-likeness (QED) is 0.253. The lowest BCUT2D eigenvalue weighted by molar-refractivity contribution is 0.0660. The molecule has 16 heteroatoms. The molecular formula is C34H33F5N8O2S. The Balaban J connectivity index is 1.31. The summed E-state index contributed by atoms with van der Waals surface area (Å²) in [6.45, 7) is 1.94. The summed E-state index contributed by atoms with van der Waals surface area (Å²) in [5.74, 6) is -1.76. The van der Waals surface area contributed by atoms with Crippen molar-refractivity contribution >= 4 is 43.1 Å². The molecule has 0 amide bonds. The number of hydrogen-bond donors (Lipinski definition) is 2. The Kier molecular flexibility index (Phi) is 7.15. The average molecular weight is 713 g/mol. The van der Waals surface area contributed by atoms with E-state index in [1.165, 1.54) is 6.07 Å². The van der Waals surface area contributed by atoms with Gasteiger partial charge in [0.2, 0.25) is 0 Å². The second-order valence-corrected chi connectivity index (χ2v) is 15.5. The first-order valence-electron chi connectivity index (χ1n) is 16.9. The fourth-order valence-corrected chi connectivity index (χ4v) is 9.90. The van der Waals surface area contributed by atoms with Crippen LogP contribution >= 0.6 is 11.3 Å². The van der Waals surface area contributed by atoms with Gasteiger partial charge in [0, 0.05) is 49.1 Å². The van der Waals surface area contributed by atoms with Crippen LogP contribution in [0.15, 0.2) is 16.9 Å². The number of aromatic nitrogens is 3. The number of nitrogens with one attached hydrogen (secondary N) is 1. The molecule has 4 saturated heterocycles. The van der Waals surface area contributed by atoms with E-state index < -0.39 is 52.1 Å². The molecule has 1 saturated carbocycles.